The van der Waals surface area contributed by atoms with Crippen molar-refractivity contribution in [1.29, 1.82) is 0 Å². The molecule has 114 valence electrons. The number of halogens is 1. The number of rotatable bonds is 6. The standard InChI is InChI=1S/C16H28BrN3/c1-4-9-20-14(13(17)11-19-20)15(18)16(10-12(2)3)7-5-6-8-16/h11-12,15H,4-10,18H2,1-3H3. The molecule has 0 saturated heterocycles. The van der Waals surface area contributed by atoms with Gasteiger partial charge in [-0.05, 0) is 52.9 Å². The molecule has 1 saturated carbocycles. The quantitative estimate of drug-likeness (QED) is 0.817. The van der Waals surface area contributed by atoms with Crippen LogP contribution < -0.4 is 5.73 Å². The lowest BCUT2D eigenvalue weighted by Gasteiger charge is -2.37. The van der Waals surface area contributed by atoms with Crippen LogP contribution in [0.25, 0.3) is 0 Å². The summed E-state index contributed by atoms with van der Waals surface area (Å²) in [5, 5.41) is 4.50. The Bertz CT molecular complexity index is 433. The Morgan fingerprint density at radius 2 is 2.05 bits per heavy atom. The zero-order valence-corrected chi connectivity index (χ0v) is 14.6. The number of nitrogens with zero attached hydrogens (tertiary/aromatic N) is 2. The van der Waals surface area contributed by atoms with E-state index < -0.39 is 0 Å². The number of hydrogen-bond donors (Lipinski definition) is 1. The predicted molar refractivity (Wildman–Crippen MR) is 87.5 cm³/mol. The molecule has 1 aliphatic rings. The van der Waals surface area contributed by atoms with Crippen molar-refractivity contribution in [2.75, 3.05) is 0 Å². The van der Waals surface area contributed by atoms with Gasteiger partial charge < -0.3 is 5.73 Å². The van der Waals surface area contributed by atoms with Crippen molar-refractivity contribution in [3.63, 3.8) is 0 Å². The molecule has 0 radical (unpaired) electrons. The van der Waals surface area contributed by atoms with Crippen molar-refractivity contribution >= 4 is 15.9 Å². The number of nitrogens with two attached hydrogens (primary N) is 1. The minimum absolute atomic E-state index is 0.0934. The van der Waals surface area contributed by atoms with Gasteiger partial charge in [0.15, 0.2) is 0 Å². The highest BCUT2D eigenvalue weighted by molar-refractivity contribution is 9.10. The molecule has 1 heterocycles. The second-order valence-corrected chi connectivity index (χ2v) is 7.60. The molecule has 0 bridgehead atoms. The minimum atomic E-state index is 0.0934. The van der Waals surface area contributed by atoms with Gasteiger partial charge in [-0.3, -0.25) is 4.68 Å². The summed E-state index contributed by atoms with van der Waals surface area (Å²) in [5.74, 6) is 0.695. The summed E-state index contributed by atoms with van der Waals surface area (Å²) in [6.07, 6.45) is 9.37. The van der Waals surface area contributed by atoms with Gasteiger partial charge in [-0.1, -0.05) is 33.6 Å². The van der Waals surface area contributed by atoms with E-state index in [1.54, 1.807) is 0 Å². The Hall–Kier alpha value is -0.350. The fourth-order valence-electron chi connectivity index (χ4n) is 3.90. The van der Waals surface area contributed by atoms with Crippen molar-refractivity contribution in [3.05, 3.63) is 16.4 Å². The van der Waals surface area contributed by atoms with E-state index in [4.69, 9.17) is 5.73 Å². The smallest absolute Gasteiger partial charge is 0.0699 e. The summed E-state index contributed by atoms with van der Waals surface area (Å²) in [5.41, 5.74) is 8.24. The summed E-state index contributed by atoms with van der Waals surface area (Å²) in [7, 11) is 0. The van der Waals surface area contributed by atoms with Gasteiger partial charge in [-0.25, -0.2) is 0 Å². The molecule has 1 fully saturated rings. The molecule has 0 aromatic carbocycles. The lowest BCUT2D eigenvalue weighted by atomic mass is 9.72. The highest BCUT2D eigenvalue weighted by Crippen LogP contribution is 2.51. The Labute approximate surface area is 131 Å². The summed E-state index contributed by atoms with van der Waals surface area (Å²) < 4.78 is 3.18. The Morgan fingerprint density at radius 3 is 2.60 bits per heavy atom. The molecule has 1 atom stereocenters. The lowest BCUT2D eigenvalue weighted by molar-refractivity contribution is 0.176. The number of aryl methyl sites for hydroxylation is 1. The maximum absolute atomic E-state index is 6.77. The van der Waals surface area contributed by atoms with Crippen LogP contribution in [0.4, 0.5) is 0 Å². The predicted octanol–water partition coefficient (Wildman–Crippen LogP) is 4.66. The van der Waals surface area contributed by atoms with Gasteiger partial charge in [0.05, 0.1) is 22.4 Å². The molecule has 0 amide bonds. The molecular formula is C16H28BrN3. The van der Waals surface area contributed by atoms with Crippen molar-refractivity contribution in [2.45, 2.75) is 71.9 Å². The molecule has 20 heavy (non-hydrogen) atoms. The third-order valence-corrected chi connectivity index (χ3v) is 5.25. The largest absolute Gasteiger partial charge is 0.322 e. The average molecular weight is 342 g/mol. The SMILES string of the molecule is CCCn1ncc(Br)c1C(N)C1(CC(C)C)CCCC1. The first kappa shape index (κ1) is 16.0. The molecule has 0 spiro atoms. The van der Waals surface area contributed by atoms with Crippen LogP contribution in [0.15, 0.2) is 10.7 Å². The van der Waals surface area contributed by atoms with E-state index in [-0.39, 0.29) is 11.5 Å². The average Bonchev–Trinajstić information content (AvgIpc) is 2.97. The van der Waals surface area contributed by atoms with E-state index >= 15 is 0 Å². The summed E-state index contributed by atoms with van der Waals surface area (Å²) in [4.78, 5) is 0. The third-order valence-electron chi connectivity index (χ3n) is 4.64. The molecule has 3 nitrogen and oxygen atoms in total. The van der Waals surface area contributed by atoms with E-state index in [2.05, 4.69) is 46.5 Å². The fourth-order valence-corrected chi connectivity index (χ4v) is 4.44. The summed E-state index contributed by atoms with van der Waals surface area (Å²) in [6.45, 7) is 7.76. The first-order chi connectivity index (χ1) is 9.50. The van der Waals surface area contributed by atoms with Gasteiger partial charge >= 0.3 is 0 Å². The lowest BCUT2D eigenvalue weighted by Crippen LogP contribution is -2.35. The van der Waals surface area contributed by atoms with E-state index in [0.717, 1.165) is 17.4 Å². The van der Waals surface area contributed by atoms with Crippen LogP contribution in [-0.4, -0.2) is 9.78 Å². The third kappa shape index (κ3) is 3.11. The zero-order valence-electron chi connectivity index (χ0n) is 13.0. The highest BCUT2D eigenvalue weighted by atomic mass is 79.9. The molecule has 2 N–H and O–H groups in total. The zero-order chi connectivity index (χ0) is 14.8. The molecule has 0 aliphatic heterocycles. The van der Waals surface area contributed by atoms with Crippen LogP contribution in [-0.2, 0) is 6.54 Å². The number of aromatic nitrogens is 2. The van der Waals surface area contributed by atoms with Gasteiger partial charge in [0.2, 0.25) is 0 Å². The van der Waals surface area contributed by atoms with E-state index in [1.165, 1.54) is 37.8 Å². The van der Waals surface area contributed by atoms with E-state index in [0.29, 0.717) is 5.92 Å². The van der Waals surface area contributed by atoms with E-state index in [1.807, 2.05) is 6.20 Å². The molecule has 1 aromatic heterocycles. The second-order valence-electron chi connectivity index (χ2n) is 6.75. The molecule has 4 heteroatoms. The first-order valence-electron chi connectivity index (χ1n) is 7.97. The van der Waals surface area contributed by atoms with Crippen molar-refractivity contribution < 1.29 is 0 Å². The topological polar surface area (TPSA) is 43.8 Å². The molecular weight excluding hydrogens is 314 g/mol. The molecule has 1 aromatic rings. The van der Waals surface area contributed by atoms with E-state index in [9.17, 15) is 0 Å². The Kier molecular flexibility index (Phi) is 5.30. The monoisotopic (exact) mass is 341 g/mol. The van der Waals surface area contributed by atoms with Crippen molar-refractivity contribution in [2.24, 2.45) is 17.1 Å². The van der Waals surface area contributed by atoms with Crippen molar-refractivity contribution in [3.8, 4) is 0 Å². The summed E-state index contributed by atoms with van der Waals surface area (Å²) >= 11 is 3.66. The van der Waals surface area contributed by atoms with Gasteiger partial charge in [-0.2, -0.15) is 5.10 Å². The van der Waals surface area contributed by atoms with Gasteiger partial charge in [0, 0.05) is 6.54 Å². The molecule has 1 unspecified atom stereocenters. The number of hydrogen-bond acceptors (Lipinski definition) is 2. The molecule has 1 aliphatic carbocycles. The van der Waals surface area contributed by atoms with Crippen molar-refractivity contribution in [1.82, 2.24) is 9.78 Å². The summed E-state index contributed by atoms with van der Waals surface area (Å²) in [6, 6.07) is 0.0934. The Balaban J connectivity index is 2.32. The first-order valence-corrected chi connectivity index (χ1v) is 8.76. The normalized spacial score (nSPS) is 19.7. The van der Waals surface area contributed by atoms with Gasteiger partial charge in [-0.15, -0.1) is 0 Å². The molecule has 2 rings (SSSR count). The van der Waals surface area contributed by atoms with Gasteiger partial charge in [0.1, 0.15) is 0 Å². The van der Waals surface area contributed by atoms with Crippen LogP contribution >= 0.6 is 15.9 Å². The minimum Gasteiger partial charge on any atom is -0.322 e. The van der Waals surface area contributed by atoms with Crippen LogP contribution in [0.1, 0.15) is 71.0 Å². The highest BCUT2D eigenvalue weighted by Gasteiger charge is 2.42. The second kappa shape index (κ2) is 6.61. The maximum atomic E-state index is 6.77. The fraction of sp³-hybridized carbons (Fsp3) is 0.812. The van der Waals surface area contributed by atoms with Crippen LogP contribution in [0, 0.1) is 11.3 Å². The Morgan fingerprint density at radius 1 is 1.40 bits per heavy atom. The van der Waals surface area contributed by atoms with Crippen LogP contribution in [0.2, 0.25) is 0 Å². The van der Waals surface area contributed by atoms with Gasteiger partial charge in [0.25, 0.3) is 0 Å². The van der Waals surface area contributed by atoms with Crippen LogP contribution in [0.3, 0.4) is 0 Å². The maximum Gasteiger partial charge on any atom is 0.0699 e. The van der Waals surface area contributed by atoms with Crippen LogP contribution in [0.5, 0.6) is 0 Å².